The highest BCUT2D eigenvalue weighted by atomic mass is 35.5. The van der Waals surface area contributed by atoms with Gasteiger partial charge in [-0.3, -0.25) is 4.79 Å². The maximum Gasteiger partial charge on any atom is 0.416 e. The van der Waals surface area contributed by atoms with Gasteiger partial charge < -0.3 is 5.32 Å². The Kier molecular flexibility index (Phi) is 5.49. The van der Waals surface area contributed by atoms with Crippen LogP contribution < -0.4 is 5.32 Å². The van der Waals surface area contributed by atoms with E-state index in [1.54, 1.807) is 18.2 Å². The van der Waals surface area contributed by atoms with Gasteiger partial charge in [-0.1, -0.05) is 23.2 Å². The van der Waals surface area contributed by atoms with E-state index in [1.807, 2.05) is 6.26 Å². The summed E-state index contributed by atoms with van der Waals surface area (Å²) in [7, 11) is 0. The van der Waals surface area contributed by atoms with Gasteiger partial charge in [-0.25, -0.2) is 0 Å². The molecule has 2 aromatic carbocycles. The zero-order chi connectivity index (χ0) is 17.2. The van der Waals surface area contributed by atoms with E-state index >= 15 is 0 Å². The molecule has 0 aliphatic heterocycles. The number of amides is 1. The molecule has 2 nitrogen and oxygen atoms in total. The lowest BCUT2D eigenvalue weighted by Gasteiger charge is -2.12. The summed E-state index contributed by atoms with van der Waals surface area (Å²) < 4.78 is 37.8. The third kappa shape index (κ3) is 4.34. The quantitative estimate of drug-likeness (QED) is 0.663. The van der Waals surface area contributed by atoms with Crippen molar-refractivity contribution in [3.8, 4) is 0 Å². The van der Waals surface area contributed by atoms with Crippen LogP contribution in [0.5, 0.6) is 0 Å². The van der Waals surface area contributed by atoms with Gasteiger partial charge in [0.05, 0.1) is 26.9 Å². The van der Waals surface area contributed by atoms with Crippen LogP contribution in [0.15, 0.2) is 41.3 Å². The first kappa shape index (κ1) is 18.0. The molecule has 0 atom stereocenters. The Morgan fingerprint density at radius 2 is 1.78 bits per heavy atom. The summed E-state index contributed by atoms with van der Waals surface area (Å²) in [6, 6.07) is 7.65. The Bertz CT molecular complexity index is 750. The highest BCUT2D eigenvalue weighted by Crippen LogP contribution is 2.34. The average molecular weight is 380 g/mol. The number of thioether (sulfide) groups is 1. The van der Waals surface area contributed by atoms with Crippen molar-refractivity contribution >= 4 is 46.6 Å². The van der Waals surface area contributed by atoms with Gasteiger partial charge in [0.25, 0.3) is 5.91 Å². The maximum atomic E-state index is 12.6. The zero-order valence-electron chi connectivity index (χ0n) is 11.7. The predicted molar refractivity (Wildman–Crippen MR) is 87.6 cm³/mol. The standard InChI is InChI=1S/C15H10Cl2F3NOS/c1-23-9-3-4-11(16)10(7-9)14(22)21-13-5-2-8(6-12(13)17)15(18,19)20/h2-7H,1H3,(H,21,22). The van der Waals surface area contributed by atoms with Crippen LogP contribution in [-0.4, -0.2) is 12.2 Å². The summed E-state index contributed by atoms with van der Waals surface area (Å²) in [4.78, 5) is 13.1. The van der Waals surface area contributed by atoms with E-state index in [1.165, 1.54) is 11.8 Å². The smallest absolute Gasteiger partial charge is 0.321 e. The summed E-state index contributed by atoms with van der Waals surface area (Å²) in [6.07, 6.45) is -2.65. The molecule has 0 saturated heterocycles. The van der Waals surface area contributed by atoms with Crippen LogP contribution in [0.25, 0.3) is 0 Å². The van der Waals surface area contributed by atoms with E-state index < -0.39 is 17.6 Å². The van der Waals surface area contributed by atoms with Gasteiger partial charge in [0.2, 0.25) is 0 Å². The van der Waals surface area contributed by atoms with E-state index in [4.69, 9.17) is 23.2 Å². The highest BCUT2D eigenvalue weighted by Gasteiger charge is 2.31. The van der Waals surface area contributed by atoms with Crippen LogP contribution in [0.1, 0.15) is 15.9 Å². The van der Waals surface area contributed by atoms with Gasteiger partial charge in [-0.2, -0.15) is 13.2 Å². The molecule has 1 N–H and O–H groups in total. The molecule has 0 saturated carbocycles. The molecule has 0 radical (unpaired) electrons. The van der Waals surface area contributed by atoms with Crippen LogP contribution in [0, 0.1) is 0 Å². The monoisotopic (exact) mass is 379 g/mol. The molecule has 2 aromatic rings. The molecular weight excluding hydrogens is 370 g/mol. The number of rotatable bonds is 3. The van der Waals surface area contributed by atoms with E-state index in [0.717, 1.165) is 23.1 Å². The van der Waals surface area contributed by atoms with Crippen molar-refractivity contribution in [2.24, 2.45) is 0 Å². The van der Waals surface area contributed by atoms with Crippen LogP contribution >= 0.6 is 35.0 Å². The average Bonchev–Trinajstić information content (AvgIpc) is 2.48. The number of carbonyl (C=O) groups is 1. The maximum absolute atomic E-state index is 12.6. The SMILES string of the molecule is CSc1ccc(Cl)c(C(=O)Nc2ccc(C(F)(F)F)cc2Cl)c1. The van der Waals surface area contributed by atoms with E-state index in [2.05, 4.69) is 5.32 Å². The summed E-state index contributed by atoms with van der Waals surface area (Å²) in [5.41, 5.74) is -0.590. The Morgan fingerprint density at radius 3 is 2.35 bits per heavy atom. The number of nitrogens with one attached hydrogen (secondary N) is 1. The topological polar surface area (TPSA) is 29.1 Å². The van der Waals surface area contributed by atoms with Gasteiger partial charge in [0.15, 0.2) is 0 Å². The van der Waals surface area contributed by atoms with Crippen molar-refractivity contribution in [2.75, 3.05) is 11.6 Å². The van der Waals surface area contributed by atoms with Gasteiger partial charge in [0, 0.05) is 4.90 Å². The Morgan fingerprint density at radius 1 is 1.09 bits per heavy atom. The van der Waals surface area contributed by atoms with Gasteiger partial charge in [-0.05, 0) is 42.7 Å². The lowest BCUT2D eigenvalue weighted by Crippen LogP contribution is -2.13. The second kappa shape index (κ2) is 7.03. The van der Waals surface area contributed by atoms with Crippen LogP contribution in [0.2, 0.25) is 10.0 Å². The number of anilines is 1. The van der Waals surface area contributed by atoms with E-state index in [-0.39, 0.29) is 21.3 Å². The summed E-state index contributed by atoms with van der Waals surface area (Å²) in [5.74, 6) is -0.549. The van der Waals surface area contributed by atoms with Crippen molar-refractivity contribution in [1.82, 2.24) is 0 Å². The minimum Gasteiger partial charge on any atom is -0.321 e. The van der Waals surface area contributed by atoms with Crippen LogP contribution in [-0.2, 0) is 6.18 Å². The fourth-order valence-corrected chi connectivity index (χ4v) is 2.66. The Labute approximate surface area is 145 Å². The van der Waals surface area contributed by atoms with Crippen LogP contribution in [0.3, 0.4) is 0 Å². The molecule has 23 heavy (non-hydrogen) atoms. The van der Waals surface area contributed by atoms with Crippen molar-refractivity contribution in [3.05, 3.63) is 57.6 Å². The molecule has 2 rings (SSSR count). The number of hydrogen-bond donors (Lipinski definition) is 1. The molecule has 122 valence electrons. The molecule has 0 unspecified atom stereocenters. The first-order valence-electron chi connectivity index (χ1n) is 6.24. The summed E-state index contributed by atoms with van der Waals surface area (Å²) in [5, 5.41) is 2.50. The molecule has 0 aliphatic rings. The molecule has 0 heterocycles. The first-order chi connectivity index (χ1) is 10.7. The predicted octanol–water partition coefficient (Wildman–Crippen LogP) is 5.99. The minimum absolute atomic E-state index is 0.0790. The number of carbonyl (C=O) groups excluding carboxylic acids is 1. The first-order valence-corrected chi connectivity index (χ1v) is 8.22. The lowest BCUT2D eigenvalue weighted by atomic mass is 10.1. The largest absolute Gasteiger partial charge is 0.416 e. The third-order valence-corrected chi connectivity index (χ3v) is 4.33. The zero-order valence-corrected chi connectivity index (χ0v) is 14.0. The van der Waals surface area contributed by atoms with Crippen molar-refractivity contribution in [2.45, 2.75) is 11.1 Å². The van der Waals surface area contributed by atoms with Crippen molar-refractivity contribution in [1.29, 1.82) is 0 Å². The molecule has 0 fully saturated rings. The minimum atomic E-state index is -4.50. The molecule has 0 bridgehead atoms. The number of alkyl halides is 3. The number of halogens is 5. The van der Waals surface area contributed by atoms with Crippen LogP contribution in [0.4, 0.5) is 18.9 Å². The van der Waals surface area contributed by atoms with Crippen molar-refractivity contribution in [3.63, 3.8) is 0 Å². The molecule has 0 aromatic heterocycles. The second-order valence-electron chi connectivity index (χ2n) is 4.49. The second-order valence-corrected chi connectivity index (χ2v) is 6.19. The van der Waals surface area contributed by atoms with Gasteiger partial charge in [-0.15, -0.1) is 11.8 Å². The van der Waals surface area contributed by atoms with Crippen molar-refractivity contribution < 1.29 is 18.0 Å². The molecule has 8 heteroatoms. The van der Waals surface area contributed by atoms with E-state index in [9.17, 15) is 18.0 Å². The van der Waals surface area contributed by atoms with Gasteiger partial charge >= 0.3 is 6.18 Å². The van der Waals surface area contributed by atoms with Gasteiger partial charge in [0.1, 0.15) is 0 Å². The molecule has 0 spiro atoms. The summed E-state index contributed by atoms with van der Waals surface area (Å²) >= 11 is 13.2. The van der Waals surface area contributed by atoms with E-state index in [0.29, 0.717) is 0 Å². The fraction of sp³-hybridized carbons (Fsp3) is 0.133. The third-order valence-electron chi connectivity index (χ3n) is 2.96. The Balaban J connectivity index is 2.27. The molecule has 0 aliphatic carbocycles. The molecule has 1 amide bonds. The highest BCUT2D eigenvalue weighted by molar-refractivity contribution is 7.98. The Hall–Kier alpha value is -1.37. The normalized spacial score (nSPS) is 11.4. The number of benzene rings is 2. The summed E-state index contributed by atoms with van der Waals surface area (Å²) in [6.45, 7) is 0. The fourth-order valence-electron chi connectivity index (χ4n) is 1.79. The number of hydrogen-bond acceptors (Lipinski definition) is 2. The lowest BCUT2D eigenvalue weighted by molar-refractivity contribution is -0.137. The molecular formula is C15H10Cl2F3NOS.